The van der Waals surface area contributed by atoms with Crippen molar-refractivity contribution in [3.05, 3.63) is 24.0 Å². The van der Waals surface area contributed by atoms with Gasteiger partial charge in [0, 0.05) is 36.2 Å². The van der Waals surface area contributed by atoms with Gasteiger partial charge in [0.1, 0.15) is 0 Å². The minimum Gasteiger partial charge on any atom is -0.367 e. The molecule has 1 aliphatic carbocycles. The van der Waals surface area contributed by atoms with Crippen molar-refractivity contribution in [1.82, 2.24) is 10.3 Å². The first-order valence-electron chi connectivity index (χ1n) is 6.75. The predicted molar refractivity (Wildman–Crippen MR) is 70.4 cm³/mol. The second kappa shape index (κ2) is 4.65. The minimum absolute atomic E-state index is 0.684. The summed E-state index contributed by atoms with van der Waals surface area (Å²) in [5.74, 6) is 0. The lowest BCUT2D eigenvalue weighted by molar-refractivity contribution is 0.578. The predicted octanol–water partition coefficient (Wildman–Crippen LogP) is 2.11. The quantitative estimate of drug-likeness (QED) is 0.860. The minimum atomic E-state index is 0.684. The summed E-state index contributed by atoms with van der Waals surface area (Å²) in [6.07, 6.45) is 7.30. The lowest BCUT2D eigenvalue weighted by atomic mass is 10.2. The molecule has 0 spiro atoms. The summed E-state index contributed by atoms with van der Waals surface area (Å²) in [6, 6.07) is 5.83. The lowest BCUT2D eigenvalue weighted by Crippen LogP contribution is -2.39. The van der Waals surface area contributed by atoms with Crippen LogP contribution in [0.2, 0.25) is 0 Å². The fourth-order valence-corrected chi connectivity index (χ4v) is 2.71. The Morgan fingerprint density at radius 3 is 2.94 bits per heavy atom. The van der Waals surface area contributed by atoms with E-state index in [4.69, 9.17) is 0 Å². The molecule has 2 aliphatic rings. The Morgan fingerprint density at radius 2 is 2.29 bits per heavy atom. The zero-order valence-corrected chi connectivity index (χ0v) is 10.5. The Morgan fingerprint density at radius 1 is 1.41 bits per heavy atom. The van der Waals surface area contributed by atoms with Gasteiger partial charge in [-0.05, 0) is 51.3 Å². The van der Waals surface area contributed by atoms with E-state index < -0.39 is 0 Å². The summed E-state index contributed by atoms with van der Waals surface area (Å²) in [5, 5.41) is 3.60. The molecule has 92 valence electrons. The summed E-state index contributed by atoms with van der Waals surface area (Å²) in [7, 11) is 0. The van der Waals surface area contributed by atoms with Gasteiger partial charge in [-0.15, -0.1) is 0 Å². The van der Waals surface area contributed by atoms with Gasteiger partial charge in [-0.2, -0.15) is 0 Å². The highest BCUT2D eigenvalue weighted by Gasteiger charge is 2.31. The van der Waals surface area contributed by atoms with E-state index >= 15 is 0 Å². The number of aromatic nitrogens is 1. The molecule has 1 aromatic heterocycles. The second-order valence-electron chi connectivity index (χ2n) is 5.33. The molecule has 1 atom stereocenters. The molecule has 2 heterocycles. The molecule has 1 aromatic rings. The van der Waals surface area contributed by atoms with Crippen LogP contribution < -0.4 is 10.2 Å². The largest absolute Gasteiger partial charge is 0.367 e. The van der Waals surface area contributed by atoms with Gasteiger partial charge in [0.25, 0.3) is 0 Å². The molecule has 1 N–H and O–H groups in total. The van der Waals surface area contributed by atoms with Crippen LogP contribution in [0.1, 0.15) is 31.4 Å². The van der Waals surface area contributed by atoms with Crippen molar-refractivity contribution in [2.24, 2.45) is 0 Å². The summed E-state index contributed by atoms with van der Waals surface area (Å²) in [4.78, 5) is 6.87. The van der Waals surface area contributed by atoms with Crippen LogP contribution in [0.4, 0.5) is 5.69 Å². The molecule has 0 amide bonds. The number of nitrogens with one attached hydrogen (secondary N) is 1. The van der Waals surface area contributed by atoms with E-state index in [-0.39, 0.29) is 0 Å². The Hall–Kier alpha value is -1.09. The highest BCUT2D eigenvalue weighted by Crippen LogP contribution is 2.32. The third-order valence-electron chi connectivity index (χ3n) is 3.78. The molecular weight excluding hydrogens is 210 g/mol. The smallest absolute Gasteiger partial charge is 0.0402 e. The molecule has 0 radical (unpaired) electrons. The van der Waals surface area contributed by atoms with Crippen molar-refractivity contribution < 1.29 is 0 Å². The van der Waals surface area contributed by atoms with Crippen LogP contribution in [-0.2, 0) is 0 Å². The number of nitrogens with zero attached hydrogens (tertiary/aromatic N) is 2. The molecule has 1 aliphatic heterocycles. The van der Waals surface area contributed by atoms with E-state index in [9.17, 15) is 0 Å². The molecule has 1 saturated carbocycles. The van der Waals surface area contributed by atoms with E-state index in [0.717, 1.165) is 18.3 Å². The van der Waals surface area contributed by atoms with E-state index in [2.05, 4.69) is 34.3 Å². The van der Waals surface area contributed by atoms with Crippen LogP contribution >= 0.6 is 0 Å². The third-order valence-corrected chi connectivity index (χ3v) is 3.78. The maximum atomic E-state index is 4.29. The summed E-state index contributed by atoms with van der Waals surface area (Å²) in [6.45, 7) is 4.43. The highest BCUT2D eigenvalue weighted by molar-refractivity contribution is 5.49. The maximum Gasteiger partial charge on any atom is 0.0402 e. The Labute approximate surface area is 103 Å². The number of anilines is 1. The zero-order chi connectivity index (χ0) is 11.7. The van der Waals surface area contributed by atoms with Crippen molar-refractivity contribution in [3.8, 4) is 0 Å². The number of rotatable bonds is 4. The number of aryl methyl sites for hydroxylation is 1. The van der Waals surface area contributed by atoms with Crippen molar-refractivity contribution in [3.63, 3.8) is 0 Å². The molecule has 0 bridgehead atoms. The molecule has 3 nitrogen and oxygen atoms in total. The van der Waals surface area contributed by atoms with Crippen LogP contribution in [0.15, 0.2) is 18.3 Å². The monoisotopic (exact) mass is 231 g/mol. The normalized spacial score (nSPS) is 23.9. The Bertz CT molecular complexity index is 381. The van der Waals surface area contributed by atoms with Crippen LogP contribution in [0, 0.1) is 6.92 Å². The highest BCUT2D eigenvalue weighted by atomic mass is 15.2. The molecule has 3 heteroatoms. The lowest BCUT2D eigenvalue weighted by Gasteiger charge is -2.28. The molecule has 2 fully saturated rings. The topological polar surface area (TPSA) is 28.2 Å². The number of hydrogen-bond donors (Lipinski definition) is 1. The van der Waals surface area contributed by atoms with Crippen LogP contribution in [-0.4, -0.2) is 30.2 Å². The first kappa shape index (κ1) is 11.0. The molecule has 3 rings (SSSR count). The average molecular weight is 231 g/mol. The summed E-state index contributed by atoms with van der Waals surface area (Å²) >= 11 is 0. The van der Waals surface area contributed by atoms with Gasteiger partial charge in [0.15, 0.2) is 0 Å². The van der Waals surface area contributed by atoms with Gasteiger partial charge in [0.05, 0.1) is 0 Å². The fourth-order valence-electron chi connectivity index (χ4n) is 2.71. The van der Waals surface area contributed by atoms with Gasteiger partial charge in [-0.25, -0.2) is 0 Å². The van der Waals surface area contributed by atoms with E-state index in [1.54, 1.807) is 0 Å². The second-order valence-corrected chi connectivity index (χ2v) is 5.33. The van der Waals surface area contributed by atoms with Crippen LogP contribution in [0.25, 0.3) is 0 Å². The molecule has 17 heavy (non-hydrogen) atoms. The van der Waals surface area contributed by atoms with E-state index in [1.807, 2.05) is 6.20 Å². The van der Waals surface area contributed by atoms with Gasteiger partial charge in [-0.1, -0.05) is 0 Å². The van der Waals surface area contributed by atoms with Gasteiger partial charge in [-0.3, -0.25) is 4.98 Å². The third kappa shape index (κ3) is 2.60. The van der Waals surface area contributed by atoms with Crippen LogP contribution in [0.3, 0.4) is 0 Å². The standard InChI is InChI=1S/C14H21N3/c1-11-9-14(6-8-15-11)17(13-4-5-13)10-12-3-2-7-16-12/h6,8-9,12-13,16H,2-5,7,10H2,1H3. The van der Waals surface area contributed by atoms with Crippen LogP contribution in [0.5, 0.6) is 0 Å². The Kier molecular flexibility index (Phi) is 3.02. The first-order chi connectivity index (χ1) is 8.33. The average Bonchev–Trinajstić information content (AvgIpc) is 3.03. The molecule has 1 saturated heterocycles. The van der Waals surface area contributed by atoms with E-state index in [1.165, 1.54) is 37.9 Å². The van der Waals surface area contributed by atoms with Gasteiger partial charge in [0.2, 0.25) is 0 Å². The van der Waals surface area contributed by atoms with Crippen molar-refractivity contribution in [2.45, 2.75) is 44.7 Å². The Balaban J connectivity index is 1.74. The number of pyridine rings is 1. The molecule has 1 unspecified atom stereocenters. The van der Waals surface area contributed by atoms with Crippen molar-refractivity contribution in [2.75, 3.05) is 18.0 Å². The van der Waals surface area contributed by atoms with Crippen molar-refractivity contribution >= 4 is 5.69 Å². The first-order valence-corrected chi connectivity index (χ1v) is 6.75. The zero-order valence-electron chi connectivity index (χ0n) is 10.5. The van der Waals surface area contributed by atoms with Gasteiger partial charge < -0.3 is 10.2 Å². The van der Waals surface area contributed by atoms with Crippen molar-refractivity contribution in [1.29, 1.82) is 0 Å². The SMILES string of the molecule is Cc1cc(N(CC2CCCN2)C2CC2)ccn1. The van der Waals surface area contributed by atoms with E-state index in [0.29, 0.717) is 6.04 Å². The number of hydrogen-bond acceptors (Lipinski definition) is 3. The summed E-state index contributed by atoms with van der Waals surface area (Å²) < 4.78 is 0. The fraction of sp³-hybridized carbons (Fsp3) is 0.643. The molecular formula is C14H21N3. The van der Waals surface area contributed by atoms with Gasteiger partial charge >= 0.3 is 0 Å². The maximum absolute atomic E-state index is 4.29. The molecule has 0 aromatic carbocycles. The summed E-state index contributed by atoms with van der Waals surface area (Å²) in [5.41, 5.74) is 2.47.